The molecule has 1 aromatic carbocycles. The van der Waals surface area contributed by atoms with Crippen molar-refractivity contribution in [1.82, 2.24) is 4.90 Å². The third kappa shape index (κ3) is 2.74. The number of para-hydroxylation sites is 1. The second-order valence-electron chi connectivity index (χ2n) is 5.41. The van der Waals surface area contributed by atoms with Crippen molar-refractivity contribution in [2.45, 2.75) is 19.5 Å². The van der Waals surface area contributed by atoms with Crippen molar-refractivity contribution in [3.63, 3.8) is 0 Å². The summed E-state index contributed by atoms with van der Waals surface area (Å²) in [4.78, 5) is 16.0. The quantitative estimate of drug-likeness (QED) is 0.856. The number of hydrogen-bond acceptors (Lipinski definition) is 4. The maximum absolute atomic E-state index is 12.9. The number of nitrogens with zero attached hydrogens (tertiary/aromatic N) is 1. The molecule has 2 aromatic rings. The minimum atomic E-state index is -0.0979. The van der Waals surface area contributed by atoms with Gasteiger partial charge in [0.05, 0.1) is 10.4 Å². The van der Waals surface area contributed by atoms with Crippen molar-refractivity contribution in [3.05, 3.63) is 51.7 Å². The van der Waals surface area contributed by atoms with Crippen molar-refractivity contribution in [3.8, 4) is 0 Å². The van der Waals surface area contributed by atoms with E-state index < -0.39 is 0 Å². The van der Waals surface area contributed by atoms with E-state index in [1.54, 1.807) is 18.4 Å². The van der Waals surface area contributed by atoms with E-state index >= 15 is 0 Å². The molecule has 0 radical (unpaired) electrons. The molecule has 0 saturated carbocycles. The Hall–Kier alpha value is -1.85. The summed E-state index contributed by atoms with van der Waals surface area (Å²) >= 11 is 1.69. The van der Waals surface area contributed by atoms with Crippen LogP contribution >= 0.6 is 11.3 Å². The normalized spacial score (nSPS) is 17.3. The number of benzene rings is 1. The van der Waals surface area contributed by atoms with Crippen LogP contribution in [0.25, 0.3) is 0 Å². The molecule has 5 heteroatoms. The van der Waals surface area contributed by atoms with Gasteiger partial charge in [0, 0.05) is 25.9 Å². The molecule has 1 aliphatic heterocycles. The number of amides is 1. The molecule has 1 aliphatic rings. The lowest BCUT2D eigenvalue weighted by atomic mass is 10.1. The van der Waals surface area contributed by atoms with Crippen LogP contribution in [-0.2, 0) is 4.74 Å². The van der Waals surface area contributed by atoms with Crippen LogP contribution < -0.4 is 5.32 Å². The molecule has 0 saturated heterocycles. The van der Waals surface area contributed by atoms with Crippen LogP contribution in [0, 0.1) is 6.92 Å². The first-order valence-corrected chi connectivity index (χ1v) is 8.30. The van der Waals surface area contributed by atoms with Gasteiger partial charge < -0.3 is 15.0 Å². The van der Waals surface area contributed by atoms with E-state index in [0.29, 0.717) is 13.2 Å². The van der Waals surface area contributed by atoms with E-state index in [9.17, 15) is 4.79 Å². The van der Waals surface area contributed by atoms with E-state index in [1.807, 2.05) is 29.2 Å². The maximum atomic E-state index is 12.9. The van der Waals surface area contributed by atoms with E-state index in [-0.39, 0.29) is 12.1 Å². The summed E-state index contributed by atoms with van der Waals surface area (Å²) in [6, 6.07) is 9.81. The number of fused-ring (bicyclic) bond motifs is 1. The summed E-state index contributed by atoms with van der Waals surface area (Å²) in [5, 5.41) is 5.60. The van der Waals surface area contributed by atoms with Crippen molar-refractivity contribution >= 4 is 22.9 Å². The highest BCUT2D eigenvalue weighted by Crippen LogP contribution is 2.36. The molecule has 1 unspecified atom stereocenters. The predicted octanol–water partition coefficient (Wildman–Crippen LogP) is 3.66. The molecule has 116 valence electrons. The molecule has 0 fully saturated rings. The lowest BCUT2D eigenvalue weighted by molar-refractivity contribution is 0.0663. The Bertz CT molecular complexity index is 668. The van der Waals surface area contributed by atoms with E-state index in [4.69, 9.17) is 4.74 Å². The van der Waals surface area contributed by atoms with Gasteiger partial charge in [-0.2, -0.15) is 0 Å². The number of carbonyl (C=O) groups excluding carboxylic acids is 1. The molecule has 0 bridgehead atoms. The Balaban J connectivity index is 1.95. The minimum absolute atomic E-state index is 0.0863. The van der Waals surface area contributed by atoms with Gasteiger partial charge in [-0.1, -0.05) is 12.1 Å². The Labute approximate surface area is 134 Å². The highest BCUT2D eigenvalue weighted by Gasteiger charge is 2.33. The lowest BCUT2D eigenvalue weighted by Gasteiger charge is -2.37. The maximum Gasteiger partial charge on any atom is 0.257 e. The average molecular weight is 316 g/mol. The van der Waals surface area contributed by atoms with Crippen LogP contribution in [-0.4, -0.2) is 31.1 Å². The van der Waals surface area contributed by atoms with Gasteiger partial charge in [-0.25, -0.2) is 0 Å². The summed E-state index contributed by atoms with van der Waals surface area (Å²) < 4.78 is 5.13. The summed E-state index contributed by atoms with van der Waals surface area (Å²) in [7, 11) is 1.69. The number of aryl methyl sites for hydroxylation is 1. The highest BCUT2D eigenvalue weighted by molar-refractivity contribution is 7.10. The summed E-state index contributed by atoms with van der Waals surface area (Å²) in [5.74, 6) is 0.0863. The number of methoxy groups -OCH3 is 1. The van der Waals surface area contributed by atoms with Crippen molar-refractivity contribution < 1.29 is 9.53 Å². The number of carbonyl (C=O) groups is 1. The number of rotatable bonds is 5. The fourth-order valence-corrected chi connectivity index (χ4v) is 3.76. The molecule has 1 atom stereocenters. The van der Waals surface area contributed by atoms with Crippen LogP contribution in [0.2, 0.25) is 0 Å². The number of nitrogens with one attached hydrogen (secondary N) is 1. The van der Waals surface area contributed by atoms with Crippen molar-refractivity contribution in [2.24, 2.45) is 0 Å². The van der Waals surface area contributed by atoms with Gasteiger partial charge in [0.15, 0.2) is 0 Å². The Morgan fingerprint density at radius 2 is 2.14 bits per heavy atom. The predicted molar refractivity (Wildman–Crippen MR) is 89.4 cm³/mol. The Morgan fingerprint density at radius 3 is 2.86 bits per heavy atom. The zero-order valence-electron chi connectivity index (χ0n) is 12.8. The topological polar surface area (TPSA) is 41.6 Å². The number of hydrogen-bond donors (Lipinski definition) is 1. The summed E-state index contributed by atoms with van der Waals surface area (Å²) in [6.45, 7) is 3.42. The zero-order valence-corrected chi connectivity index (χ0v) is 13.7. The molecule has 1 N–H and O–H groups in total. The Morgan fingerprint density at radius 1 is 1.32 bits per heavy atom. The van der Waals surface area contributed by atoms with Crippen LogP contribution in [0.1, 0.15) is 33.4 Å². The molecule has 4 nitrogen and oxygen atoms in total. The molecule has 1 aromatic heterocycles. The monoisotopic (exact) mass is 316 g/mol. The summed E-state index contributed by atoms with van der Waals surface area (Å²) in [5.41, 5.74) is 2.87. The number of ether oxygens (including phenoxy) is 1. The smallest absolute Gasteiger partial charge is 0.257 e. The van der Waals surface area contributed by atoms with Gasteiger partial charge in [0.25, 0.3) is 5.91 Å². The van der Waals surface area contributed by atoms with E-state index in [1.165, 1.54) is 10.4 Å². The minimum Gasteiger partial charge on any atom is -0.385 e. The van der Waals surface area contributed by atoms with Crippen LogP contribution in [0.15, 0.2) is 35.7 Å². The molecule has 0 spiro atoms. The molecule has 1 amide bonds. The Kier molecular flexibility index (Phi) is 4.45. The first kappa shape index (κ1) is 15.1. The van der Waals surface area contributed by atoms with Gasteiger partial charge >= 0.3 is 0 Å². The fraction of sp³-hybridized carbons (Fsp3) is 0.353. The SMILES string of the molecule is COCCCN1C(=O)c2ccccc2NC1c1sccc1C. The van der Waals surface area contributed by atoms with Crippen LogP contribution in [0.5, 0.6) is 0 Å². The molecule has 0 aliphatic carbocycles. The van der Waals surface area contributed by atoms with Crippen molar-refractivity contribution in [2.75, 3.05) is 25.6 Å². The van der Waals surface area contributed by atoms with Gasteiger partial charge in [0.2, 0.25) is 0 Å². The largest absolute Gasteiger partial charge is 0.385 e. The first-order valence-electron chi connectivity index (χ1n) is 7.42. The van der Waals surface area contributed by atoms with Crippen LogP contribution in [0.3, 0.4) is 0 Å². The zero-order chi connectivity index (χ0) is 15.5. The van der Waals surface area contributed by atoms with Gasteiger partial charge in [-0.05, 0) is 42.5 Å². The van der Waals surface area contributed by atoms with E-state index in [2.05, 4.69) is 23.7 Å². The second-order valence-corrected chi connectivity index (χ2v) is 6.35. The molecule has 3 rings (SSSR count). The third-order valence-corrected chi connectivity index (χ3v) is 4.99. The standard InChI is InChI=1S/C17H20N2O2S/c1-12-8-11-22-15(12)16-18-14-7-4-3-6-13(14)17(20)19(16)9-5-10-21-2/h3-4,6-8,11,16,18H,5,9-10H2,1-2H3. The molecule has 2 heterocycles. The molecule has 22 heavy (non-hydrogen) atoms. The molecular formula is C17H20N2O2S. The molecular weight excluding hydrogens is 296 g/mol. The fourth-order valence-electron chi connectivity index (χ4n) is 2.77. The lowest BCUT2D eigenvalue weighted by Crippen LogP contribution is -2.43. The van der Waals surface area contributed by atoms with Gasteiger partial charge in [-0.15, -0.1) is 11.3 Å². The average Bonchev–Trinajstić information content (AvgIpc) is 2.95. The van der Waals surface area contributed by atoms with Gasteiger partial charge in [-0.3, -0.25) is 4.79 Å². The highest BCUT2D eigenvalue weighted by atomic mass is 32.1. The number of thiophene rings is 1. The van der Waals surface area contributed by atoms with E-state index in [0.717, 1.165) is 17.7 Å². The third-order valence-electron chi connectivity index (χ3n) is 3.92. The number of anilines is 1. The first-order chi connectivity index (χ1) is 10.7. The van der Waals surface area contributed by atoms with Crippen molar-refractivity contribution in [1.29, 1.82) is 0 Å². The summed E-state index contributed by atoms with van der Waals surface area (Å²) in [6.07, 6.45) is 0.728. The van der Waals surface area contributed by atoms with Crippen LogP contribution in [0.4, 0.5) is 5.69 Å². The second kappa shape index (κ2) is 6.50. The van der Waals surface area contributed by atoms with Gasteiger partial charge in [0.1, 0.15) is 6.17 Å².